The van der Waals surface area contributed by atoms with Gasteiger partial charge < -0.3 is 0 Å². The molecule has 0 aromatic carbocycles. The molecule has 2 unspecified atom stereocenters. The Morgan fingerprint density at radius 2 is 1.93 bits per heavy atom. The molecule has 0 bridgehead atoms. The molecule has 0 aromatic heterocycles. The molecule has 0 saturated carbocycles. The molecule has 0 fully saturated rings. The van der Waals surface area contributed by atoms with Gasteiger partial charge in [0.25, 0.3) is 0 Å². The summed E-state index contributed by atoms with van der Waals surface area (Å²) in [6, 6.07) is 0. The zero-order valence-corrected chi connectivity index (χ0v) is 8.74. The van der Waals surface area contributed by atoms with Crippen LogP contribution in [0.25, 0.3) is 0 Å². The molecule has 1 aliphatic carbocycles. The Labute approximate surface area is 86.7 Å². The van der Waals surface area contributed by atoms with E-state index >= 15 is 0 Å². The maximum atomic E-state index is 13.3. The predicted octanol–water partition coefficient (Wildman–Crippen LogP) is 4.39. The molecule has 1 aliphatic rings. The topological polar surface area (TPSA) is 0 Å². The molecule has 0 saturated heterocycles. The summed E-state index contributed by atoms with van der Waals surface area (Å²) in [5.74, 6) is -3.82. The lowest BCUT2D eigenvalue weighted by atomic mass is 9.84. The first kappa shape index (κ1) is 12.3. The highest BCUT2D eigenvalue weighted by Gasteiger charge is 2.46. The van der Waals surface area contributed by atoms with Crippen molar-refractivity contribution in [3.8, 4) is 0 Å². The summed E-state index contributed by atoms with van der Waals surface area (Å²) in [5, 5.41) is 0. The summed E-state index contributed by atoms with van der Waals surface area (Å²) in [6.45, 7) is 3.31. The van der Waals surface area contributed by atoms with Crippen molar-refractivity contribution >= 4 is 0 Å². The zero-order chi connectivity index (χ0) is 11.6. The first-order chi connectivity index (χ1) is 6.86. The molecule has 0 aliphatic heterocycles. The number of halogens is 4. The molecule has 1 rings (SSSR count). The largest absolute Gasteiger partial charge is 0.398 e. The van der Waals surface area contributed by atoms with Gasteiger partial charge in [0.2, 0.25) is 0 Å². The lowest BCUT2D eigenvalue weighted by Crippen LogP contribution is -2.30. The SMILES string of the molecule is CCCC1=CC(C)C(C(F)(F)F)C(F)=C1. The normalized spacial score (nSPS) is 27.3. The van der Waals surface area contributed by atoms with Crippen LogP contribution in [-0.4, -0.2) is 6.18 Å². The minimum Gasteiger partial charge on any atom is -0.211 e. The third kappa shape index (κ3) is 2.83. The average Bonchev–Trinajstić information content (AvgIpc) is 1.99. The molecule has 0 amide bonds. The Kier molecular flexibility index (Phi) is 3.58. The van der Waals surface area contributed by atoms with Crippen LogP contribution in [0.4, 0.5) is 17.6 Å². The molecule has 0 radical (unpaired) electrons. The van der Waals surface area contributed by atoms with Gasteiger partial charge in [-0.15, -0.1) is 0 Å². The number of allylic oxidation sites excluding steroid dienone is 4. The van der Waals surface area contributed by atoms with Crippen LogP contribution >= 0.6 is 0 Å². The lowest BCUT2D eigenvalue weighted by Gasteiger charge is -2.26. The van der Waals surface area contributed by atoms with Crippen molar-refractivity contribution in [2.75, 3.05) is 0 Å². The maximum absolute atomic E-state index is 13.3. The van der Waals surface area contributed by atoms with E-state index < -0.39 is 23.8 Å². The highest BCUT2D eigenvalue weighted by atomic mass is 19.4. The summed E-state index contributed by atoms with van der Waals surface area (Å²) >= 11 is 0. The minimum atomic E-state index is -4.49. The molecular formula is C11H14F4. The molecule has 86 valence electrons. The Bertz CT molecular complexity index is 285. The van der Waals surface area contributed by atoms with E-state index in [4.69, 9.17) is 0 Å². The van der Waals surface area contributed by atoms with Crippen LogP contribution in [0.15, 0.2) is 23.6 Å². The van der Waals surface area contributed by atoms with E-state index in [9.17, 15) is 17.6 Å². The van der Waals surface area contributed by atoms with Gasteiger partial charge in [0.05, 0.1) is 0 Å². The van der Waals surface area contributed by atoms with Crippen molar-refractivity contribution in [3.05, 3.63) is 23.6 Å². The van der Waals surface area contributed by atoms with Crippen LogP contribution in [0.3, 0.4) is 0 Å². The van der Waals surface area contributed by atoms with Crippen LogP contribution in [0.1, 0.15) is 26.7 Å². The fraction of sp³-hybridized carbons (Fsp3) is 0.636. The molecule has 2 atom stereocenters. The number of alkyl halides is 3. The van der Waals surface area contributed by atoms with E-state index in [1.54, 1.807) is 0 Å². The number of hydrogen-bond acceptors (Lipinski definition) is 0. The fourth-order valence-electron chi connectivity index (χ4n) is 1.90. The molecule has 0 nitrogen and oxygen atoms in total. The van der Waals surface area contributed by atoms with Crippen molar-refractivity contribution in [1.82, 2.24) is 0 Å². The molecule has 0 spiro atoms. The Morgan fingerprint density at radius 3 is 2.33 bits per heavy atom. The summed E-state index contributed by atoms with van der Waals surface area (Å²) in [4.78, 5) is 0. The van der Waals surface area contributed by atoms with Crippen LogP contribution in [0.2, 0.25) is 0 Å². The first-order valence-electron chi connectivity index (χ1n) is 5.00. The molecule has 0 heterocycles. The van der Waals surface area contributed by atoms with E-state index in [1.165, 1.54) is 13.0 Å². The number of hydrogen-bond donors (Lipinski definition) is 0. The molecule has 4 heteroatoms. The van der Waals surface area contributed by atoms with E-state index in [0.717, 1.165) is 12.5 Å². The van der Waals surface area contributed by atoms with Crippen molar-refractivity contribution in [2.45, 2.75) is 32.9 Å². The van der Waals surface area contributed by atoms with Gasteiger partial charge in [-0.25, -0.2) is 4.39 Å². The van der Waals surface area contributed by atoms with Gasteiger partial charge >= 0.3 is 6.18 Å². The van der Waals surface area contributed by atoms with Gasteiger partial charge in [-0.3, -0.25) is 0 Å². The van der Waals surface area contributed by atoms with Gasteiger partial charge in [-0.05, 0) is 24.0 Å². The van der Waals surface area contributed by atoms with Gasteiger partial charge in [0.15, 0.2) is 0 Å². The van der Waals surface area contributed by atoms with E-state index in [-0.39, 0.29) is 0 Å². The summed E-state index contributed by atoms with van der Waals surface area (Å²) in [6.07, 6.45) is -0.512. The molecule has 15 heavy (non-hydrogen) atoms. The summed E-state index contributed by atoms with van der Waals surface area (Å²) in [7, 11) is 0. The lowest BCUT2D eigenvalue weighted by molar-refractivity contribution is -0.176. The second-order valence-corrected chi connectivity index (χ2v) is 3.90. The molecule has 0 aromatic rings. The van der Waals surface area contributed by atoms with E-state index in [2.05, 4.69) is 0 Å². The van der Waals surface area contributed by atoms with Crippen molar-refractivity contribution in [2.24, 2.45) is 11.8 Å². The van der Waals surface area contributed by atoms with Crippen molar-refractivity contribution < 1.29 is 17.6 Å². The number of rotatable bonds is 2. The standard InChI is InChI=1S/C11H14F4/c1-3-4-8-5-7(2)10(9(12)6-8)11(13,14)15/h5-7,10H,3-4H2,1-2H3. The van der Waals surface area contributed by atoms with Gasteiger partial charge in [-0.2, -0.15) is 13.2 Å². The fourth-order valence-corrected chi connectivity index (χ4v) is 1.90. The second kappa shape index (κ2) is 4.37. The van der Waals surface area contributed by atoms with E-state index in [1.807, 2.05) is 6.92 Å². The highest BCUT2D eigenvalue weighted by molar-refractivity contribution is 5.29. The Balaban J connectivity index is 2.89. The van der Waals surface area contributed by atoms with Crippen LogP contribution in [-0.2, 0) is 0 Å². The maximum Gasteiger partial charge on any atom is 0.398 e. The second-order valence-electron chi connectivity index (χ2n) is 3.90. The molecular weight excluding hydrogens is 208 g/mol. The van der Waals surface area contributed by atoms with Crippen LogP contribution in [0, 0.1) is 11.8 Å². The third-order valence-corrected chi connectivity index (χ3v) is 2.51. The smallest absolute Gasteiger partial charge is 0.211 e. The Morgan fingerprint density at radius 1 is 1.33 bits per heavy atom. The summed E-state index contributed by atoms with van der Waals surface area (Å²) in [5.41, 5.74) is 0.669. The summed E-state index contributed by atoms with van der Waals surface area (Å²) < 4.78 is 50.6. The monoisotopic (exact) mass is 222 g/mol. The predicted molar refractivity (Wildman–Crippen MR) is 50.9 cm³/mol. The van der Waals surface area contributed by atoms with Crippen molar-refractivity contribution in [1.29, 1.82) is 0 Å². The zero-order valence-electron chi connectivity index (χ0n) is 8.74. The quantitative estimate of drug-likeness (QED) is 0.607. The average molecular weight is 222 g/mol. The third-order valence-electron chi connectivity index (χ3n) is 2.51. The first-order valence-corrected chi connectivity index (χ1v) is 5.00. The minimum absolute atomic E-state index is 0.627. The van der Waals surface area contributed by atoms with Gasteiger partial charge in [-0.1, -0.05) is 26.3 Å². The highest BCUT2D eigenvalue weighted by Crippen LogP contribution is 2.42. The van der Waals surface area contributed by atoms with Gasteiger partial charge in [0.1, 0.15) is 11.7 Å². The molecule has 0 N–H and O–H groups in total. The van der Waals surface area contributed by atoms with Crippen molar-refractivity contribution in [3.63, 3.8) is 0 Å². The van der Waals surface area contributed by atoms with Crippen LogP contribution < -0.4 is 0 Å². The van der Waals surface area contributed by atoms with Crippen LogP contribution in [0.5, 0.6) is 0 Å². The van der Waals surface area contributed by atoms with E-state index in [0.29, 0.717) is 12.0 Å². The Hall–Kier alpha value is -0.800. The van der Waals surface area contributed by atoms with Gasteiger partial charge in [0, 0.05) is 0 Å².